The van der Waals surface area contributed by atoms with E-state index < -0.39 is 21.9 Å². The van der Waals surface area contributed by atoms with Crippen molar-refractivity contribution in [2.75, 3.05) is 20.7 Å². The lowest BCUT2D eigenvalue weighted by Crippen LogP contribution is -2.34. The number of methoxy groups -OCH3 is 1. The maximum atomic E-state index is 12.4. The number of aromatic nitrogens is 1. The Labute approximate surface area is 112 Å². The van der Waals surface area contributed by atoms with Crippen LogP contribution >= 0.6 is 0 Å². The predicted octanol–water partition coefficient (Wildman–Crippen LogP) is 0.721. The molecule has 0 aromatic carbocycles. The normalized spacial score (nSPS) is 13.6. The van der Waals surface area contributed by atoms with E-state index in [0.29, 0.717) is 5.69 Å². The van der Waals surface area contributed by atoms with Crippen LogP contribution in [0.4, 0.5) is 0 Å². The highest BCUT2D eigenvalue weighted by Gasteiger charge is 2.30. The number of carbonyl (C=O) groups is 1. The van der Waals surface area contributed by atoms with E-state index in [2.05, 4.69) is 9.89 Å². The van der Waals surface area contributed by atoms with Crippen LogP contribution < -0.4 is 0 Å². The van der Waals surface area contributed by atoms with Gasteiger partial charge in [-0.15, -0.1) is 0 Å². The first kappa shape index (κ1) is 15.6. The van der Waals surface area contributed by atoms with E-state index in [9.17, 15) is 13.2 Å². The number of sulfonamides is 1. The molecule has 1 atom stereocenters. The molecule has 1 rings (SSSR count). The van der Waals surface area contributed by atoms with Gasteiger partial charge in [0.25, 0.3) is 0 Å². The molecule has 0 aliphatic rings. The summed E-state index contributed by atoms with van der Waals surface area (Å²) in [6, 6.07) is 0. The molecule has 7 nitrogen and oxygen atoms in total. The zero-order chi connectivity index (χ0) is 14.8. The monoisotopic (exact) mass is 290 g/mol. The summed E-state index contributed by atoms with van der Waals surface area (Å²) in [6.45, 7) is 4.72. The molecule has 0 saturated carbocycles. The fourth-order valence-corrected chi connectivity index (χ4v) is 3.30. The van der Waals surface area contributed by atoms with Gasteiger partial charge in [-0.25, -0.2) is 8.42 Å². The number of aryl methyl sites for hydroxylation is 2. The second-order valence-electron chi connectivity index (χ2n) is 4.36. The SMILES string of the molecule is COC(=O)C(C)CN(C)S(=O)(=O)c1c(C)noc1C. The summed E-state index contributed by atoms with van der Waals surface area (Å²) in [7, 11) is -1.06. The minimum absolute atomic E-state index is 0.0269. The minimum atomic E-state index is -3.72. The molecule has 0 spiro atoms. The molecule has 1 aromatic heterocycles. The highest BCUT2D eigenvalue weighted by molar-refractivity contribution is 7.89. The lowest BCUT2D eigenvalue weighted by Gasteiger charge is -2.19. The van der Waals surface area contributed by atoms with Gasteiger partial charge in [0.1, 0.15) is 10.6 Å². The Morgan fingerprint density at radius 3 is 2.47 bits per heavy atom. The third kappa shape index (κ3) is 3.13. The van der Waals surface area contributed by atoms with Crippen LogP contribution in [0.5, 0.6) is 0 Å². The van der Waals surface area contributed by atoms with Crippen molar-refractivity contribution in [3.05, 3.63) is 11.5 Å². The Bertz CT molecular complexity index is 544. The average Bonchev–Trinajstić information content (AvgIpc) is 2.68. The largest absolute Gasteiger partial charge is 0.469 e. The molecular weight excluding hydrogens is 272 g/mol. The Morgan fingerprint density at radius 2 is 2.05 bits per heavy atom. The first-order chi connectivity index (χ1) is 8.71. The number of esters is 1. The number of hydrogen-bond donors (Lipinski definition) is 0. The Hall–Kier alpha value is -1.41. The Balaban J connectivity index is 2.99. The molecule has 1 aromatic rings. The molecule has 0 N–H and O–H groups in total. The van der Waals surface area contributed by atoms with Gasteiger partial charge in [0, 0.05) is 13.6 Å². The summed E-state index contributed by atoms with van der Waals surface area (Å²) >= 11 is 0. The molecule has 0 radical (unpaired) electrons. The molecule has 0 saturated heterocycles. The van der Waals surface area contributed by atoms with Gasteiger partial charge in [-0.3, -0.25) is 4.79 Å². The molecule has 108 valence electrons. The summed E-state index contributed by atoms with van der Waals surface area (Å²) < 4.78 is 35.2. The third-order valence-electron chi connectivity index (χ3n) is 2.77. The van der Waals surface area contributed by atoms with Crippen molar-refractivity contribution in [3.8, 4) is 0 Å². The summed E-state index contributed by atoms with van der Waals surface area (Å²) in [6.07, 6.45) is 0. The van der Waals surface area contributed by atoms with Gasteiger partial charge in [-0.1, -0.05) is 12.1 Å². The van der Waals surface area contributed by atoms with Crippen LogP contribution in [-0.2, 0) is 19.6 Å². The Morgan fingerprint density at radius 1 is 1.47 bits per heavy atom. The lowest BCUT2D eigenvalue weighted by atomic mass is 10.2. The standard InChI is InChI=1S/C11H18N2O5S/c1-7(11(14)17-5)6-13(4)19(15,16)10-8(2)12-18-9(10)3/h7H,6H2,1-5H3. The maximum absolute atomic E-state index is 12.4. The van der Waals surface area contributed by atoms with Crippen LogP contribution in [0, 0.1) is 19.8 Å². The van der Waals surface area contributed by atoms with E-state index >= 15 is 0 Å². The second kappa shape index (κ2) is 5.70. The van der Waals surface area contributed by atoms with E-state index in [1.54, 1.807) is 13.8 Å². The first-order valence-electron chi connectivity index (χ1n) is 5.68. The van der Waals surface area contributed by atoms with Crippen LogP contribution in [-0.4, -0.2) is 44.6 Å². The van der Waals surface area contributed by atoms with Gasteiger partial charge in [0.05, 0.1) is 13.0 Å². The van der Waals surface area contributed by atoms with Crippen molar-refractivity contribution >= 4 is 16.0 Å². The van der Waals surface area contributed by atoms with Gasteiger partial charge in [0.15, 0.2) is 5.76 Å². The Kier molecular flexibility index (Phi) is 4.70. The summed E-state index contributed by atoms with van der Waals surface area (Å²) in [5.74, 6) is -0.777. The summed E-state index contributed by atoms with van der Waals surface area (Å²) in [5.41, 5.74) is 0.301. The zero-order valence-electron chi connectivity index (χ0n) is 11.6. The van der Waals surface area contributed by atoms with Crippen LogP contribution in [0.2, 0.25) is 0 Å². The molecule has 19 heavy (non-hydrogen) atoms. The predicted molar refractivity (Wildman–Crippen MR) is 67.0 cm³/mol. The number of nitrogens with zero attached hydrogens (tertiary/aromatic N) is 2. The van der Waals surface area contributed by atoms with Gasteiger partial charge in [-0.2, -0.15) is 4.31 Å². The molecule has 0 fully saturated rings. The summed E-state index contributed by atoms with van der Waals surface area (Å²) in [5, 5.41) is 3.62. The average molecular weight is 290 g/mol. The number of ether oxygens (including phenoxy) is 1. The van der Waals surface area contributed by atoms with E-state index in [4.69, 9.17) is 4.52 Å². The maximum Gasteiger partial charge on any atom is 0.309 e. The van der Waals surface area contributed by atoms with E-state index in [1.165, 1.54) is 21.1 Å². The van der Waals surface area contributed by atoms with Gasteiger partial charge < -0.3 is 9.26 Å². The molecule has 0 amide bonds. The molecular formula is C11H18N2O5S. The molecule has 0 aliphatic heterocycles. The van der Waals surface area contributed by atoms with Crippen molar-refractivity contribution in [1.29, 1.82) is 0 Å². The van der Waals surface area contributed by atoms with Crippen LogP contribution in [0.15, 0.2) is 9.42 Å². The van der Waals surface area contributed by atoms with E-state index in [-0.39, 0.29) is 17.2 Å². The number of carbonyl (C=O) groups excluding carboxylic acids is 1. The molecule has 1 heterocycles. The van der Waals surface area contributed by atoms with Gasteiger partial charge >= 0.3 is 5.97 Å². The van der Waals surface area contributed by atoms with Crippen molar-refractivity contribution < 1.29 is 22.5 Å². The zero-order valence-corrected chi connectivity index (χ0v) is 12.4. The van der Waals surface area contributed by atoms with Crippen molar-refractivity contribution in [2.45, 2.75) is 25.7 Å². The van der Waals surface area contributed by atoms with Gasteiger partial charge in [-0.05, 0) is 13.8 Å². The summed E-state index contributed by atoms with van der Waals surface area (Å²) in [4.78, 5) is 11.4. The van der Waals surface area contributed by atoms with E-state index in [0.717, 1.165) is 4.31 Å². The smallest absolute Gasteiger partial charge is 0.309 e. The quantitative estimate of drug-likeness (QED) is 0.742. The highest BCUT2D eigenvalue weighted by Crippen LogP contribution is 2.22. The fraction of sp³-hybridized carbons (Fsp3) is 0.636. The van der Waals surface area contributed by atoms with Gasteiger partial charge in [0.2, 0.25) is 10.0 Å². The number of rotatable bonds is 5. The third-order valence-corrected chi connectivity index (χ3v) is 4.84. The lowest BCUT2D eigenvalue weighted by molar-refractivity contribution is -0.144. The fourth-order valence-electron chi connectivity index (χ4n) is 1.76. The topological polar surface area (TPSA) is 89.7 Å². The van der Waals surface area contributed by atoms with Crippen molar-refractivity contribution in [1.82, 2.24) is 9.46 Å². The van der Waals surface area contributed by atoms with Crippen LogP contribution in [0.1, 0.15) is 18.4 Å². The van der Waals surface area contributed by atoms with Crippen molar-refractivity contribution in [3.63, 3.8) is 0 Å². The minimum Gasteiger partial charge on any atom is -0.469 e. The highest BCUT2D eigenvalue weighted by atomic mass is 32.2. The van der Waals surface area contributed by atoms with Crippen LogP contribution in [0.3, 0.4) is 0 Å². The van der Waals surface area contributed by atoms with Crippen LogP contribution in [0.25, 0.3) is 0 Å². The molecule has 8 heteroatoms. The molecule has 0 bridgehead atoms. The molecule has 1 unspecified atom stereocenters. The second-order valence-corrected chi connectivity index (χ2v) is 6.34. The number of hydrogen-bond acceptors (Lipinski definition) is 6. The van der Waals surface area contributed by atoms with E-state index in [1.807, 2.05) is 0 Å². The first-order valence-corrected chi connectivity index (χ1v) is 7.12. The van der Waals surface area contributed by atoms with Crippen molar-refractivity contribution in [2.24, 2.45) is 5.92 Å². The molecule has 0 aliphatic carbocycles.